The molecule has 0 aliphatic carbocycles. The summed E-state index contributed by atoms with van der Waals surface area (Å²) in [4.78, 5) is 23.8. The number of methoxy groups -OCH3 is 1. The monoisotopic (exact) mass is 438 g/mol. The number of nitrogens with zero attached hydrogens (tertiary/aromatic N) is 5. The highest BCUT2D eigenvalue weighted by Gasteiger charge is 2.22. The van der Waals surface area contributed by atoms with Crippen molar-refractivity contribution in [3.63, 3.8) is 0 Å². The fourth-order valence-corrected chi connectivity index (χ4v) is 4.03. The van der Waals surface area contributed by atoms with Gasteiger partial charge in [0.15, 0.2) is 5.65 Å². The molecule has 4 aromatic rings. The Bertz CT molecular complexity index is 1360. The van der Waals surface area contributed by atoms with Crippen molar-refractivity contribution in [1.82, 2.24) is 24.6 Å². The Morgan fingerprint density at radius 3 is 2.55 bits per heavy atom. The maximum atomic E-state index is 13.0. The first-order valence-electron chi connectivity index (χ1n) is 10.7. The molecule has 0 saturated carbocycles. The molecule has 0 atom stereocenters. The van der Waals surface area contributed by atoms with Crippen molar-refractivity contribution in [2.24, 2.45) is 0 Å². The molecule has 1 aliphatic heterocycles. The zero-order chi connectivity index (χ0) is 22.8. The van der Waals surface area contributed by atoms with Crippen molar-refractivity contribution in [3.05, 3.63) is 72.2 Å². The summed E-state index contributed by atoms with van der Waals surface area (Å²) in [7, 11) is 1.57. The van der Waals surface area contributed by atoms with Gasteiger partial charge in [-0.1, -0.05) is 18.2 Å². The summed E-state index contributed by atoms with van der Waals surface area (Å²) in [6.45, 7) is 2.95. The quantitative estimate of drug-likeness (QED) is 0.526. The van der Waals surface area contributed by atoms with E-state index in [0.29, 0.717) is 30.0 Å². The zero-order valence-electron chi connectivity index (χ0n) is 18.2. The van der Waals surface area contributed by atoms with Crippen LogP contribution in [0.2, 0.25) is 0 Å². The van der Waals surface area contributed by atoms with Gasteiger partial charge in [0.25, 0.3) is 5.91 Å². The minimum atomic E-state index is -0.0268. The molecule has 5 rings (SSSR count). The standard InChI is InChI=1S/C25H22N6O2/c1-33-23-12-19(6-7-20(23)25(32)30-10-8-27-9-11-30)21-16-31-22(14-29-24(31)15-28-21)18-4-2-17(13-26)3-5-18/h2-7,12,14-16,27H,8-11H2,1H3. The number of aromatic nitrogens is 3. The molecule has 0 radical (unpaired) electrons. The molecule has 1 fully saturated rings. The Morgan fingerprint density at radius 1 is 1.06 bits per heavy atom. The van der Waals surface area contributed by atoms with Crippen LogP contribution in [0.4, 0.5) is 0 Å². The fraction of sp³-hybridized carbons (Fsp3) is 0.200. The second kappa shape index (κ2) is 8.73. The van der Waals surface area contributed by atoms with Crippen LogP contribution in [0, 0.1) is 11.3 Å². The number of imidazole rings is 1. The number of carbonyl (C=O) groups excluding carboxylic acids is 1. The second-order valence-electron chi connectivity index (χ2n) is 7.79. The Balaban J connectivity index is 1.51. The number of rotatable bonds is 4. The van der Waals surface area contributed by atoms with E-state index in [1.807, 2.05) is 39.8 Å². The molecule has 1 amide bonds. The maximum Gasteiger partial charge on any atom is 0.257 e. The molecule has 3 heterocycles. The molecule has 8 heteroatoms. The third-order valence-electron chi connectivity index (χ3n) is 5.84. The van der Waals surface area contributed by atoms with Crippen molar-refractivity contribution < 1.29 is 9.53 Å². The molecule has 8 nitrogen and oxygen atoms in total. The third-order valence-corrected chi connectivity index (χ3v) is 5.84. The van der Waals surface area contributed by atoms with E-state index in [0.717, 1.165) is 41.3 Å². The number of hydrogen-bond donors (Lipinski definition) is 1. The molecule has 0 spiro atoms. The van der Waals surface area contributed by atoms with Crippen molar-refractivity contribution in [1.29, 1.82) is 5.26 Å². The highest BCUT2D eigenvalue weighted by atomic mass is 16.5. The predicted molar refractivity (Wildman–Crippen MR) is 124 cm³/mol. The largest absolute Gasteiger partial charge is 0.496 e. The van der Waals surface area contributed by atoms with Crippen LogP contribution in [-0.2, 0) is 0 Å². The fourth-order valence-electron chi connectivity index (χ4n) is 4.03. The van der Waals surface area contributed by atoms with Crippen molar-refractivity contribution in [3.8, 4) is 34.3 Å². The van der Waals surface area contributed by atoms with Crippen molar-refractivity contribution in [2.75, 3.05) is 33.3 Å². The lowest BCUT2D eigenvalue weighted by Crippen LogP contribution is -2.46. The van der Waals surface area contributed by atoms with Crippen LogP contribution < -0.4 is 10.1 Å². The van der Waals surface area contributed by atoms with E-state index in [2.05, 4.69) is 21.4 Å². The van der Waals surface area contributed by atoms with Crippen LogP contribution in [-0.4, -0.2) is 58.5 Å². The van der Waals surface area contributed by atoms with E-state index in [1.165, 1.54) is 0 Å². The average molecular weight is 438 g/mol. The minimum Gasteiger partial charge on any atom is -0.496 e. The molecule has 2 aromatic carbocycles. The van der Waals surface area contributed by atoms with Gasteiger partial charge in [0.2, 0.25) is 0 Å². The molecular weight excluding hydrogens is 416 g/mol. The van der Waals surface area contributed by atoms with Gasteiger partial charge in [-0.25, -0.2) is 4.98 Å². The topological polar surface area (TPSA) is 95.5 Å². The van der Waals surface area contributed by atoms with Gasteiger partial charge in [0.1, 0.15) is 5.75 Å². The van der Waals surface area contributed by atoms with E-state index < -0.39 is 0 Å². The number of nitrogens with one attached hydrogen (secondary N) is 1. The Morgan fingerprint density at radius 2 is 1.82 bits per heavy atom. The average Bonchev–Trinajstić information content (AvgIpc) is 3.31. The Hall–Kier alpha value is -4.22. The van der Waals surface area contributed by atoms with Crippen LogP contribution in [0.3, 0.4) is 0 Å². The Kier molecular flexibility index (Phi) is 5.47. The van der Waals surface area contributed by atoms with Gasteiger partial charge in [-0.15, -0.1) is 0 Å². The van der Waals surface area contributed by atoms with Gasteiger partial charge in [-0.3, -0.25) is 14.2 Å². The molecule has 2 aromatic heterocycles. The highest BCUT2D eigenvalue weighted by molar-refractivity contribution is 5.97. The van der Waals surface area contributed by atoms with Crippen LogP contribution in [0.1, 0.15) is 15.9 Å². The van der Waals surface area contributed by atoms with Crippen LogP contribution >= 0.6 is 0 Å². The molecule has 0 unspecified atom stereocenters. The third kappa shape index (κ3) is 3.90. The first-order valence-corrected chi connectivity index (χ1v) is 10.7. The number of nitriles is 1. The molecular formula is C25H22N6O2. The van der Waals surface area contributed by atoms with Gasteiger partial charge in [-0.05, 0) is 24.3 Å². The summed E-state index contributed by atoms with van der Waals surface area (Å²) in [6, 6.07) is 15.1. The highest BCUT2D eigenvalue weighted by Crippen LogP contribution is 2.29. The molecule has 0 bridgehead atoms. The van der Waals surface area contributed by atoms with Crippen LogP contribution in [0.15, 0.2) is 61.1 Å². The summed E-state index contributed by atoms with van der Waals surface area (Å²) in [5.74, 6) is 0.497. The van der Waals surface area contributed by atoms with E-state index in [9.17, 15) is 4.79 Å². The van der Waals surface area contributed by atoms with E-state index in [4.69, 9.17) is 10.00 Å². The number of hydrogen-bond acceptors (Lipinski definition) is 6. The van der Waals surface area contributed by atoms with E-state index in [1.54, 1.807) is 37.7 Å². The number of ether oxygens (including phenoxy) is 1. The summed E-state index contributed by atoms with van der Waals surface area (Å²) >= 11 is 0. The molecule has 1 saturated heterocycles. The van der Waals surface area contributed by atoms with Crippen molar-refractivity contribution in [2.45, 2.75) is 0 Å². The number of piperazine rings is 1. The first-order chi connectivity index (χ1) is 16.2. The number of fused-ring (bicyclic) bond motifs is 1. The normalized spacial score (nSPS) is 13.6. The van der Waals surface area contributed by atoms with Gasteiger partial charge < -0.3 is 15.0 Å². The number of benzene rings is 2. The van der Waals surface area contributed by atoms with E-state index in [-0.39, 0.29) is 5.91 Å². The summed E-state index contributed by atoms with van der Waals surface area (Å²) in [5, 5.41) is 12.3. The smallest absolute Gasteiger partial charge is 0.257 e. The molecule has 1 N–H and O–H groups in total. The molecule has 1 aliphatic rings. The van der Waals surface area contributed by atoms with Crippen molar-refractivity contribution >= 4 is 11.6 Å². The predicted octanol–water partition coefficient (Wildman–Crippen LogP) is 2.99. The molecule has 33 heavy (non-hydrogen) atoms. The number of carbonyl (C=O) groups is 1. The summed E-state index contributed by atoms with van der Waals surface area (Å²) in [6.07, 6.45) is 5.43. The van der Waals surface area contributed by atoms with Crippen LogP contribution in [0.5, 0.6) is 5.75 Å². The van der Waals surface area contributed by atoms with Gasteiger partial charge in [0.05, 0.1) is 48.1 Å². The van der Waals surface area contributed by atoms with Gasteiger partial charge in [-0.2, -0.15) is 5.26 Å². The second-order valence-corrected chi connectivity index (χ2v) is 7.79. The summed E-state index contributed by atoms with van der Waals surface area (Å²) in [5.41, 5.74) is 5.29. The van der Waals surface area contributed by atoms with Gasteiger partial charge >= 0.3 is 0 Å². The van der Waals surface area contributed by atoms with Crippen LogP contribution in [0.25, 0.3) is 28.2 Å². The SMILES string of the molecule is COc1cc(-c2cn3c(-c4ccc(C#N)cc4)cnc3cn2)ccc1C(=O)N1CCNCC1. The lowest BCUT2D eigenvalue weighted by Gasteiger charge is -2.28. The maximum absolute atomic E-state index is 13.0. The lowest BCUT2D eigenvalue weighted by atomic mass is 10.1. The van der Waals surface area contributed by atoms with E-state index >= 15 is 0 Å². The minimum absolute atomic E-state index is 0.0268. The molecule has 164 valence electrons. The number of amides is 1. The summed E-state index contributed by atoms with van der Waals surface area (Å²) < 4.78 is 7.54. The zero-order valence-corrected chi connectivity index (χ0v) is 18.2. The van der Waals surface area contributed by atoms with Gasteiger partial charge in [0, 0.05) is 43.5 Å². The Labute approximate surface area is 191 Å². The first kappa shape index (κ1) is 20.7. The lowest BCUT2D eigenvalue weighted by molar-refractivity contribution is 0.0732.